The number of halogens is 1. The quantitative estimate of drug-likeness (QED) is 0.643. The minimum absolute atomic E-state index is 0.0485. The molecule has 0 heterocycles. The van der Waals surface area contributed by atoms with E-state index in [1.54, 1.807) is 42.5 Å². The summed E-state index contributed by atoms with van der Waals surface area (Å²) in [7, 11) is -3.89. The van der Waals surface area contributed by atoms with Crippen molar-refractivity contribution in [3.63, 3.8) is 0 Å². The van der Waals surface area contributed by atoms with Crippen LogP contribution in [0.1, 0.15) is 15.9 Å². The highest BCUT2D eigenvalue weighted by Gasteiger charge is 2.32. The van der Waals surface area contributed by atoms with Crippen LogP contribution in [-0.2, 0) is 9.84 Å². The van der Waals surface area contributed by atoms with Gasteiger partial charge in [-0.25, -0.2) is 8.42 Å². The minimum atomic E-state index is -3.89. The number of hydrogen-bond donors (Lipinski definition) is 0. The molecule has 0 aliphatic heterocycles. The summed E-state index contributed by atoms with van der Waals surface area (Å²) in [6.07, 6.45) is 0. The summed E-state index contributed by atoms with van der Waals surface area (Å²) in [5.74, 6) is -0.618. The number of Topliss-reactive ketones (excluding diaryl/α,β-unsaturated/α-hetero) is 1. The van der Waals surface area contributed by atoms with Crippen molar-refractivity contribution in [2.75, 3.05) is 0 Å². The number of alkyl halides is 1. The average molecular weight is 309 g/mol. The summed E-state index contributed by atoms with van der Waals surface area (Å²) in [4.78, 5) is 12.2. The lowest BCUT2D eigenvalue weighted by molar-refractivity contribution is 0.101. The summed E-state index contributed by atoms with van der Waals surface area (Å²) < 4.78 is 23.0. The second kappa shape index (κ2) is 5.77. The van der Waals surface area contributed by atoms with Crippen LogP contribution in [0.25, 0.3) is 0 Å². The Labute approximate surface area is 123 Å². The summed E-state index contributed by atoms with van der Waals surface area (Å²) in [6.45, 7) is 1.85. The highest BCUT2D eigenvalue weighted by Crippen LogP contribution is 2.22. The molecule has 0 saturated heterocycles. The van der Waals surface area contributed by atoms with Gasteiger partial charge in [0.1, 0.15) is 0 Å². The van der Waals surface area contributed by atoms with E-state index in [1.165, 1.54) is 12.1 Å². The molecular formula is C15H13ClO3S. The van der Waals surface area contributed by atoms with Crippen molar-refractivity contribution in [3.8, 4) is 0 Å². The van der Waals surface area contributed by atoms with E-state index in [4.69, 9.17) is 11.6 Å². The fraction of sp³-hybridized carbons (Fsp3) is 0.133. The molecule has 0 N–H and O–H groups in total. The van der Waals surface area contributed by atoms with Crippen LogP contribution in [0, 0.1) is 6.92 Å². The summed E-state index contributed by atoms with van der Waals surface area (Å²) >= 11 is 5.89. The van der Waals surface area contributed by atoms with Gasteiger partial charge in [-0.1, -0.05) is 59.6 Å². The molecule has 1 atom stereocenters. The number of benzene rings is 2. The molecular weight excluding hydrogens is 296 g/mol. The largest absolute Gasteiger partial charge is 0.291 e. The standard InChI is InChI=1S/C15H13ClO3S/c1-11-7-9-13(10-8-11)20(18,19)15(16)14(17)12-5-3-2-4-6-12/h2-10,15H,1H3. The zero-order valence-electron chi connectivity index (χ0n) is 10.8. The Morgan fingerprint density at radius 1 is 1.00 bits per heavy atom. The number of aryl methyl sites for hydroxylation is 1. The van der Waals surface area contributed by atoms with Crippen LogP contribution < -0.4 is 0 Å². The zero-order chi connectivity index (χ0) is 14.8. The molecule has 0 aromatic heterocycles. The first-order valence-corrected chi connectivity index (χ1v) is 7.95. The maximum Gasteiger partial charge on any atom is 0.202 e. The second-order valence-electron chi connectivity index (χ2n) is 4.40. The monoisotopic (exact) mass is 308 g/mol. The predicted octanol–water partition coefficient (Wildman–Crippen LogP) is 3.22. The molecule has 2 aromatic rings. The van der Waals surface area contributed by atoms with Crippen molar-refractivity contribution in [3.05, 3.63) is 65.7 Å². The van der Waals surface area contributed by atoms with Crippen LogP contribution in [0.4, 0.5) is 0 Å². The smallest absolute Gasteiger partial charge is 0.202 e. The fourth-order valence-corrected chi connectivity index (χ4v) is 3.33. The van der Waals surface area contributed by atoms with Crippen LogP contribution in [-0.4, -0.2) is 18.9 Å². The third-order valence-electron chi connectivity index (χ3n) is 2.89. The van der Waals surface area contributed by atoms with E-state index in [2.05, 4.69) is 0 Å². The highest BCUT2D eigenvalue weighted by atomic mass is 35.5. The van der Waals surface area contributed by atoms with Crippen LogP contribution in [0.5, 0.6) is 0 Å². The van der Waals surface area contributed by atoms with Gasteiger partial charge in [0.25, 0.3) is 0 Å². The molecule has 0 aliphatic carbocycles. The molecule has 0 radical (unpaired) electrons. The first-order chi connectivity index (χ1) is 9.43. The van der Waals surface area contributed by atoms with E-state index in [-0.39, 0.29) is 10.5 Å². The molecule has 3 nitrogen and oxygen atoms in total. The lowest BCUT2D eigenvalue weighted by Gasteiger charge is -2.10. The lowest BCUT2D eigenvalue weighted by Crippen LogP contribution is -2.25. The molecule has 2 rings (SSSR count). The second-order valence-corrected chi connectivity index (χ2v) is 7.13. The Balaban J connectivity index is 2.35. The summed E-state index contributed by atoms with van der Waals surface area (Å²) in [5, 5.41) is 0. The first kappa shape index (κ1) is 14.8. The molecule has 0 fully saturated rings. The third kappa shape index (κ3) is 2.92. The van der Waals surface area contributed by atoms with Crippen molar-refractivity contribution in [2.45, 2.75) is 16.5 Å². The van der Waals surface area contributed by atoms with Crippen molar-refractivity contribution >= 4 is 27.2 Å². The van der Waals surface area contributed by atoms with Gasteiger partial charge in [0.05, 0.1) is 4.90 Å². The number of carbonyl (C=O) groups is 1. The molecule has 20 heavy (non-hydrogen) atoms. The van der Waals surface area contributed by atoms with E-state index >= 15 is 0 Å². The zero-order valence-corrected chi connectivity index (χ0v) is 12.4. The summed E-state index contributed by atoms with van der Waals surface area (Å²) in [5.41, 5.74) is 1.22. The molecule has 0 amide bonds. The number of carbonyl (C=O) groups excluding carboxylic acids is 1. The molecule has 104 valence electrons. The lowest BCUT2D eigenvalue weighted by atomic mass is 10.1. The van der Waals surface area contributed by atoms with Gasteiger partial charge in [-0.3, -0.25) is 4.79 Å². The van der Waals surface area contributed by atoms with Crippen molar-refractivity contribution < 1.29 is 13.2 Å². The molecule has 2 aromatic carbocycles. The number of hydrogen-bond acceptors (Lipinski definition) is 3. The maximum atomic E-state index is 12.3. The van der Waals surface area contributed by atoms with Gasteiger partial charge >= 0.3 is 0 Å². The normalized spacial score (nSPS) is 12.9. The van der Waals surface area contributed by atoms with E-state index in [0.29, 0.717) is 0 Å². The topological polar surface area (TPSA) is 51.2 Å². The van der Waals surface area contributed by atoms with Crippen molar-refractivity contribution in [2.24, 2.45) is 0 Å². The number of sulfone groups is 1. The minimum Gasteiger partial charge on any atom is -0.291 e. The Morgan fingerprint density at radius 3 is 2.10 bits per heavy atom. The molecule has 0 spiro atoms. The predicted molar refractivity (Wildman–Crippen MR) is 78.8 cm³/mol. The average Bonchev–Trinajstić information content (AvgIpc) is 2.47. The van der Waals surface area contributed by atoms with Gasteiger partial charge in [-0.05, 0) is 19.1 Å². The van der Waals surface area contributed by atoms with Gasteiger partial charge in [-0.2, -0.15) is 0 Å². The van der Waals surface area contributed by atoms with E-state index in [0.717, 1.165) is 5.56 Å². The molecule has 0 saturated carbocycles. The van der Waals surface area contributed by atoms with Gasteiger partial charge in [-0.15, -0.1) is 0 Å². The van der Waals surface area contributed by atoms with Crippen LogP contribution in [0.2, 0.25) is 0 Å². The van der Waals surface area contributed by atoms with Crippen LogP contribution >= 0.6 is 11.6 Å². The fourth-order valence-electron chi connectivity index (χ4n) is 1.72. The Hall–Kier alpha value is -1.65. The Bertz CT molecular complexity index is 707. The first-order valence-electron chi connectivity index (χ1n) is 5.97. The molecule has 5 heteroatoms. The van der Waals surface area contributed by atoms with Crippen molar-refractivity contribution in [1.82, 2.24) is 0 Å². The summed E-state index contributed by atoms with van der Waals surface area (Å²) in [6, 6.07) is 14.4. The molecule has 0 bridgehead atoms. The van der Waals surface area contributed by atoms with Gasteiger partial charge < -0.3 is 0 Å². The van der Waals surface area contributed by atoms with Gasteiger partial charge in [0, 0.05) is 5.56 Å². The Kier molecular flexibility index (Phi) is 4.26. The number of rotatable bonds is 4. The van der Waals surface area contributed by atoms with E-state index in [9.17, 15) is 13.2 Å². The van der Waals surface area contributed by atoms with Crippen molar-refractivity contribution in [1.29, 1.82) is 0 Å². The SMILES string of the molecule is Cc1ccc(S(=O)(=O)C(Cl)C(=O)c2ccccc2)cc1. The maximum absolute atomic E-state index is 12.3. The van der Waals surface area contributed by atoms with Gasteiger partial charge in [0.15, 0.2) is 5.78 Å². The van der Waals surface area contributed by atoms with Crippen LogP contribution in [0.3, 0.4) is 0 Å². The van der Waals surface area contributed by atoms with E-state index < -0.39 is 20.3 Å². The third-order valence-corrected chi connectivity index (χ3v) is 5.48. The number of ketones is 1. The molecule has 0 aliphatic rings. The van der Waals surface area contributed by atoms with Gasteiger partial charge in [0.2, 0.25) is 14.5 Å². The highest BCUT2D eigenvalue weighted by molar-refractivity contribution is 7.94. The van der Waals surface area contributed by atoms with E-state index in [1.807, 2.05) is 6.92 Å². The van der Waals surface area contributed by atoms with Crippen LogP contribution in [0.15, 0.2) is 59.5 Å². The molecule has 1 unspecified atom stereocenters. The Morgan fingerprint density at radius 2 is 1.55 bits per heavy atom.